The van der Waals surface area contributed by atoms with Crippen molar-refractivity contribution < 1.29 is 54.4 Å². The highest BCUT2D eigenvalue weighted by molar-refractivity contribution is 7.61. The van der Waals surface area contributed by atoms with Gasteiger partial charge in [-0.25, -0.2) is 13.9 Å². The van der Waals surface area contributed by atoms with E-state index in [1.54, 1.807) is 0 Å². The predicted molar refractivity (Wildman–Crippen MR) is 104 cm³/mol. The minimum atomic E-state index is -5.28. The first-order chi connectivity index (χ1) is 14.9. The molecule has 6 N–H and O–H groups in total. The van der Waals surface area contributed by atoms with Gasteiger partial charge >= 0.3 is 21.3 Å². The lowest BCUT2D eigenvalue weighted by Crippen LogP contribution is -2.37. The molecule has 2 rings (SSSR count). The number of phosphoric acid groups is 2. The fourth-order valence-corrected chi connectivity index (χ4v) is 4.34. The second-order valence-electron chi connectivity index (χ2n) is 7.35. The molecule has 15 nitrogen and oxygen atoms in total. The second kappa shape index (κ2) is 9.73. The highest BCUT2D eigenvalue weighted by Crippen LogP contribution is 2.60. The molecule has 178 valence electrons. The Morgan fingerprint density at radius 3 is 2.45 bits per heavy atom. The van der Waals surface area contributed by atoms with Gasteiger partial charge in [0.1, 0.15) is 37.2 Å². The van der Waals surface area contributed by atoms with Gasteiger partial charge in [-0.15, -0.1) is 0 Å². The van der Waals surface area contributed by atoms with Crippen LogP contribution < -0.4 is 11.4 Å². The van der Waals surface area contributed by atoms with Gasteiger partial charge in [-0.1, -0.05) is 0 Å². The topological polar surface area (TPSA) is 213 Å². The van der Waals surface area contributed by atoms with E-state index in [2.05, 4.69) is 18.3 Å². The van der Waals surface area contributed by atoms with Crippen LogP contribution in [0.3, 0.4) is 0 Å². The molecule has 0 aromatic carbocycles. The zero-order valence-electron chi connectivity index (χ0n) is 18.8. The van der Waals surface area contributed by atoms with E-state index < -0.39 is 65.6 Å². The molecule has 0 bridgehead atoms. The lowest BCUT2D eigenvalue weighted by atomic mass is 10.1. The summed E-state index contributed by atoms with van der Waals surface area (Å²) in [4.78, 5) is 34.8. The van der Waals surface area contributed by atoms with E-state index in [4.69, 9.17) is 13.2 Å². The molecule has 1 fully saturated rings. The summed E-state index contributed by atoms with van der Waals surface area (Å²) in [5.74, 6) is -0.0901. The average Bonchev–Trinajstić information content (AvgIpc) is 2.92. The van der Waals surface area contributed by atoms with Gasteiger partial charge in [-0.3, -0.25) is 13.6 Å². The Hall–Kier alpha value is -1.22. The first kappa shape index (κ1) is 23.0. The highest BCUT2D eigenvalue weighted by atomic mass is 31.3. The molecule has 17 heteroatoms. The maximum atomic E-state index is 12.1. The number of nitrogens with two attached hydrogens (primary N) is 1. The molecule has 0 aliphatic carbocycles. The van der Waals surface area contributed by atoms with Crippen LogP contribution in [0.4, 0.5) is 5.82 Å². The fourth-order valence-electron chi connectivity index (χ4n) is 2.37. The third-order valence-corrected chi connectivity index (χ3v) is 6.42. The van der Waals surface area contributed by atoms with Crippen LogP contribution in [0.1, 0.15) is 8.97 Å². The monoisotopic (exact) mass is 492 g/mol. The van der Waals surface area contributed by atoms with Crippen LogP contribution in [0.5, 0.6) is 0 Å². The standard InChI is InChI=1S/C14H26N4O11P2/c1-18(2,3)6-7-26-30(22,23)29-31(24,25)27-8-9-11(19)12(20)13(28-9)17-5-4-10(15)16-14(17)21/h4-5,9,11-13,19-20H,6-8H2,1-3H3,(H3-,15,16,21,22,23,24,25)/p+1/t9-,11-,12-,13-/m1/s1/i6+1D2. The number of phosphoric ester groups is 2. The number of ether oxygens (including phenoxy) is 1. The summed E-state index contributed by atoms with van der Waals surface area (Å²) in [6.07, 6.45) is -5.08. The number of aliphatic hydroxyl groups excluding tert-OH is 2. The smallest absolute Gasteiger partial charge is 0.387 e. The molecule has 0 amide bonds. The summed E-state index contributed by atoms with van der Waals surface area (Å²) in [5.41, 5.74) is 4.49. The van der Waals surface area contributed by atoms with E-state index in [0.29, 0.717) is 0 Å². The van der Waals surface area contributed by atoms with Gasteiger partial charge in [-0.05, 0) is 6.07 Å². The van der Waals surface area contributed by atoms with Crippen molar-refractivity contribution in [3.05, 3.63) is 22.7 Å². The first-order valence-corrected chi connectivity index (χ1v) is 11.7. The number of hydrogen-bond acceptors (Lipinski definition) is 11. The van der Waals surface area contributed by atoms with Crippen LogP contribution >= 0.6 is 15.6 Å². The zero-order chi connectivity index (χ0) is 25.4. The average molecular weight is 492 g/mol. The van der Waals surface area contributed by atoms with Crippen molar-refractivity contribution in [1.29, 1.82) is 0 Å². The van der Waals surface area contributed by atoms with E-state index in [0.717, 1.165) is 10.8 Å². The Labute approximate surface area is 180 Å². The normalized spacial score (nSPS) is 29.6. The number of quaternary nitrogens is 1. The molecule has 1 aromatic heterocycles. The second-order valence-corrected chi connectivity index (χ2v) is 10.4. The summed E-state index contributed by atoms with van der Waals surface area (Å²) in [5, 5.41) is 20.3. The first-order valence-electron chi connectivity index (χ1n) is 9.69. The number of anilines is 1. The molecule has 6 atom stereocenters. The van der Waals surface area contributed by atoms with Crippen LogP contribution in [-0.4, -0.2) is 93.2 Å². The largest absolute Gasteiger partial charge is 0.481 e. The molecule has 1 aliphatic rings. The Morgan fingerprint density at radius 1 is 1.26 bits per heavy atom. The van der Waals surface area contributed by atoms with Gasteiger partial charge in [0, 0.05) is 6.20 Å². The van der Waals surface area contributed by atoms with Crippen LogP contribution in [0.15, 0.2) is 17.1 Å². The Morgan fingerprint density at radius 2 is 1.87 bits per heavy atom. The quantitative estimate of drug-likeness (QED) is 0.142. The molecule has 1 saturated heterocycles. The van der Waals surface area contributed by atoms with Crippen LogP contribution in [0, 0.1) is 0 Å². The van der Waals surface area contributed by atoms with Crippen molar-refractivity contribution in [3.8, 4) is 0 Å². The molecule has 1 aliphatic heterocycles. The van der Waals surface area contributed by atoms with Crippen molar-refractivity contribution in [2.75, 3.05) is 46.6 Å². The minimum absolute atomic E-state index is 0.0901. The zero-order valence-corrected chi connectivity index (χ0v) is 18.6. The van der Waals surface area contributed by atoms with Crippen LogP contribution in [0.2, 0.25) is 0 Å². The summed E-state index contributed by atoms with van der Waals surface area (Å²) in [7, 11) is -6.16. The van der Waals surface area contributed by atoms with E-state index in [1.807, 2.05) is 0 Å². The van der Waals surface area contributed by atoms with Crippen molar-refractivity contribution >= 4 is 21.5 Å². The molecule has 31 heavy (non-hydrogen) atoms. The highest BCUT2D eigenvalue weighted by Gasteiger charge is 2.46. The lowest BCUT2D eigenvalue weighted by Gasteiger charge is -2.24. The maximum Gasteiger partial charge on any atom is 0.481 e. The molecule has 2 unspecified atom stereocenters. The van der Waals surface area contributed by atoms with Gasteiger partial charge in [0.15, 0.2) is 6.23 Å². The molecule has 0 saturated carbocycles. The Bertz CT molecular complexity index is 1000. The summed E-state index contributed by atoms with van der Waals surface area (Å²) in [6.45, 7) is -4.00. The summed E-state index contributed by atoms with van der Waals surface area (Å²) >= 11 is 0. The van der Waals surface area contributed by atoms with Gasteiger partial charge < -0.3 is 35.0 Å². The van der Waals surface area contributed by atoms with E-state index in [1.165, 1.54) is 27.2 Å². The molecular weight excluding hydrogens is 463 g/mol. The SMILES string of the molecule is [2H][13C]([2H])(COP(=O)(O)OP(=O)(O)OC[C@H]1O[C@@H](n2ccc(N)nc2=O)[C@H](O)[C@@H]1O)[N+](C)(C)C. The summed E-state index contributed by atoms with van der Waals surface area (Å²) in [6, 6.07) is 1.24. The maximum absolute atomic E-state index is 12.1. The Balaban J connectivity index is 1.99. The van der Waals surface area contributed by atoms with Gasteiger partial charge in [0.25, 0.3) is 0 Å². The fraction of sp³-hybridized carbons (Fsp3) is 0.714. The summed E-state index contributed by atoms with van der Waals surface area (Å²) < 4.78 is 58.6. The minimum Gasteiger partial charge on any atom is -0.387 e. The number of aromatic nitrogens is 2. The predicted octanol–water partition coefficient (Wildman–Crippen LogP) is -1.60. The number of hydrogen-bond donors (Lipinski definition) is 5. The molecule has 0 radical (unpaired) electrons. The molecule has 0 spiro atoms. The number of nitrogens with zero attached hydrogens (tertiary/aromatic N) is 3. The third kappa shape index (κ3) is 7.70. The number of nitrogen functional groups attached to an aromatic ring is 1. The van der Waals surface area contributed by atoms with Gasteiger partial charge in [0.05, 0.1) is 30.5 Å². The molecule has 2 heterocycles. The van der Waals surface area contributed by atoms with Crippen LogP contribution in [0.25, 0.3) is 0 Å². The van der Waals surface area contributed by atoms with Gasteiger partial charge in [-0.2, -0.15) is 9.29 Å². The molecular formula is C14H27N4O11P2+. The third-order valence-electron chi connectivity index (χ3n) is 3.84. The van der Waals surface area contributed by atoms with E-state index in [9.17, 15) is 33.9 Å². The van der Waals surface area contributed by atoms with Crippen molar-refractivity contribution in [1.82, 2.24) is 9.55 Å². The van der Waals surface area contributed by atoms with E-state index in [-0.39, 0.29) is 10.3 Å². The van der Waals surface area contributed by atoms with Crippen molar-refractivity contribution in [3.63, 3.8) is 0 Å². The van der Waals surface area contributed by atoms with Crippen molar-refractivity contribution in [2.45, 2.75) is 24.5 Å². The molecule has 1 aromatic rings. The van der Waals surface area contributed by atoms with E-state index >= 15 is 0 Å². The van der Waals surface area contributed by atoms with Crippen molar-refractivity contribution in [2.24, 2.45) is 0 Å². The number of aliphatic hydroxyl groups is 2. The number of rotatable bonds is 10. The van der Waals surface area contributed by atoms with Gasteiger partial charge in [0.2, 0.25) is 0 Å². The van der Waals surface area contributed by atoms with Crippen LogP contribution in [-0.2, 0) is 27.2 Å². The number of likely N-dealkylation sites (N-methyl/N-ethyl adjacent to an activating group) is 1. The lowest BCUT2D eigenvalue weighted by molar-refractivity contribution is -0.870. The Kier molecular flexibility index (Phi) is 7.20.